The van der Waals surface area contributed by atoms with Gasteiger partial charge in [0.25, 0.3) is 0 Å². The van der Waals surface area contributed by atoms with E-state index in [1.165, 1.54) is 44.1 Å². The maximum Gasteiger partial charge on any atom is 0.0138 e. The summed E-state index contributed by atoms with van der Waals surface area (Å²) in [6, 6.07) is 11.8. The van der Waals surface area contributed by atoms with Gasteiger partial charge in [-0.1, -0.05) is 48.9 Å². The molecule has 0 heterocycles. The molecule has 0 amide bonds. The highest BCUT2D eigenvalue weighted by molar-refractivity contribution is 5.27. The van der Waals surface area contributed by atoms with Gasteiger partial charge in [0.05, 0.1) is 0 Å². The molecule has 3 atom stereocenters. The second-order valence-corrected chi connectivity index (χ2v) is 6.39. The first kappa shape index (κ1) is 13.9. The van der Waals surface area contributed by atoms with Crippen LogP contribution >= 0.6 is 0 Å². The lowest BCUT2D eigenvalue weighted by Gasteiger charge is -2.22. The van der Waals surface area contributed by atoms with E-state index < -0.39 is 0 Å². The molecule has 1 saturated carbocycles. The molecule has 3 unspecified atom stereocenters. The van der Waals surface area contributed by atoms with Crippen LogP contribution in [0.5, 0.6) is 0 Å². The quantitative estimate of drug-likeness (QED) is 0.741. The Balaban J connectivity index is 1.62. The van der Waals surface area contributed by atoms with Gasteiger partial charge in [-0.15, -0.1) is 0 Å². The van der Waals surface area contributed by atoms with Crippen LogP contribution in [0.15, 0.2) is 42.0 Å². The van der Waals surface area contributed by atoms with E-state index in [0.29, 0.717) is 6.04 Å². The highest BCUT2D eigenvalue weighted by Gasteiger charge is 2.43. The Morgan fingerprint density at radius 2 is 2.05 bits per heavy atom. The zero-order valence-corrected chi connectivity index (χ0v) is 12.6. The fourth-order valence-corrected chi connectivity index (χ4v) is 3.75. The predicted molar refractivity (Wildman–Crippen MR) is 85.9 cm³/mol. The third kappa shape index (κ3) is 3.32. The third-order valence-corrected chi connectivity index (χ3v) is 4.92. The van der Waals surface area contributed by atoms with Crippen molar-refractivity contribution in [1.29, 1.82) is 0 Å². The predicted octanol–water partition coefficient (Wildman–Crippen LogP) is 4.66. The van der Waals surface area contributed by atoms with E-state index in [1.807, 2.05) is 0 Å². The Hall–Kier alpha value is -1.08. The Kier molecular flexibility index (Phi) is 4.57. The summed E-state index contributed by atoms with van der Waals surface area (Å²) in [5.41, 5.74) is 3.25. The summed E-state index contributed by atoms with van der Waals surface area (Å²) in [6.45, 7) is 3.33. The van der Waals surface area contributed by atoms with Gasteiger partial charge < -0.3 is 5.32 Å². The summed E-state index contributed by atoms with van der Waals surface area (Å²) in [6.07, 6.45) is 10.6. The van der Waals surface area contributed by atoms with Crippen molar-refractivity contribution in [1.82, 2.24) is 5.32 Å². The molecule has 1 aromatic carbocycles. The van der Waals surface area contributed by atoms with E-state index in [9.17, 15) is 0 Å². The van der Waals surface area contributed by atoms with Crippen molar-refractivity contribution >= 4 is 0 Å². The molecule has 1 aromatic rings. The molecule has 2 aliphatic rings. The second kappa shape index (κ2) is 6.58. The standard InChI is InChI=1S/C19H27N/c1-2-20-19(13-15-9-5-3-6-10-15)18-14-17(18)16-11-7-4-8-12-16/h4,7-9,11-12,17-20H,2-3,5-6,10,13-14H2,1H3. The van der Waals surface area contributed by atoms with Gasteiger partial charge >= 0.3 is 0 Å². The molecule has 0 spiro atoms. The second-order valence-electron chi connectivity index (χ2n) is 6.39. The van der Waals surface area contributed by atoms with Crippen molar-refractivity contribution in [2.75, 3.05) is 6.54 Å². The van der Waals surface area contributed by atoms with Crippen LogP contribution in [-0.2, 0) is 0 Å². The Labute approximate surface area is 123 Å². The molecular formula is C19H27N. The summed E-state index contributed by atoms with van der Waals surface area (Å²) >= 11 is 0. The minimum atomic E-state index is 0.689. The summed E-state index contributed by atoms with van der Waals surface area (Å²) in [7, 11) is 0. The van der Waals surface area contributed by atoms with Crippen LogP contribution in [0.1, 0.15) is 56.9 Å². The van der Waals surface area contributed by atoms with Gasteiger partial charge in [-0.05, 0) is 62.5 Å². The summed E-state index contributed by atoms with van der Waals surface area (Å²) in [5, 5.41) is 3.75. The van der Waals surface area contributed by atoms with E-state index in [0.717, 1.165) is 18.4 Å². The molecule has 0 aliphatic heterocycles. The van der Waals surface area contributed by atoms with Crippen molar-refractivity contribution in [3.63, 3.8) is 0 Å². The fraction of sp³-hybridized carbons (Fsp3) is 0.579. The SMILES string of the molecule is CCNC(CC1=CCCCC1)C1CC1c1ccccc1. The molecule has 0 radical (unpaired) electrons. The topological polar surface area (TPSA) is 12.0 Å². The van der Waals surface area contributed by atoms with E-state index in [-0.39, 0.29) is 0 Å². The maximum absolute atomic E-state index is 3.75. The van der Waals surface area contributed by atoms with Gasteiger partial charge in [-0.25, -0.2) is 0 Å². The molecule has 1 N–H and O–H groups in total. The molecule has 0 saturated heterocycles. The minimum absolute atomic E-state index is 0.689. The van der Waals surface area contributed by atoms with Crippen molar-refractivity contribution in [3.8, 4) is 0 Å². The Bertz CT molecular complexity index is 448. The number of benzene rings is 1. The molecule has 2 aliphatic carbocycles. The Morgan fingerprint density at radius 3 is 2.75 bits per heavy atom. The molecule has 1 nitrogen and oxygen atoms in total. The lowest BCUT2D eigenvalue weighted by atomic mass is 9.91. The van der Waals surface area contributed by atoms with Gasteiger partial charge in [0.2, 0.25) is 0 Å². The minimum Gasteiger partial charge on any atom is -0.314 e. The molecule has 1 heteroatoms. The van der Waals surface area contributed by atoms with Gasteiger partial charge in [0.1, 0.15) is 0 Å². The van der Waals surface area contributed by atoms with Crippen molar-refractivity contribution in [3.05, 3.63) is 47.5 Å². The van der Waals surface area contributed by atoms with Crippen LogP contribution < -0.4 is 5.32 Å². The first-order chi connectivity index (χ1) is 9.88. The number of hydrogen-bond acceptors (Lipinski definition) is 1. The number of nitrogens with one attached hydrogen (secondary N) is 1. The van der Waals surface area contributed by atoms with Gasteiger partial charge in [0.15, 0.2) is 0 Å². The molecule has 20 heavy (non-hydrogen) atoms. The Morgan fingerprint density at radius 1 is 1.20 bits per heavy atom. The molecule has 0 aromatic heterocycles. The average molecular weight is 269 g/mol. The molecule has 108 valence electrons. The largest absolute Gasteiger partial charge is 0.314 e. The fourth-order valence-electron chi connectivity index (χ4n) is 3.75. The molecule has 1 fully saturated rings. The normalized spacial score (nSPS) is 26.9. The van der Waals surface area contributed by atoms with Crippen molar-refractivity contribution in [2.24, 2.45) is 5.92 Å². The summed E-state index contributed by atoms with van der Waals surface area (Å²) in [4.78, 5) is 0. The monoisotopic (exact) mass is 269 g/mol. The number of allylic oxidation sites excluding steroid dienone is 1. The van der Waals surface area contributed by atoms with Gasteiger partial charge in [0, 0.05) is 6.04 Å². The molecular weight excluding hydrogens is 242 g/mol. The van der Waals surface area contributed by atoms with Crippen LogP contribution in [0.3, 0.4) is 0 Å². The van der Waals surface area contributed by atoms with Crippen LogP contribution in [0.4, 0.5) is 0 Å². The van der Waals surface area contributed by atoms with Gasteiger partial charge in [-0.3, -0.25) is 0 Å². The van der Waals surface area contributed by atoms with E-state index in [2.05, 4.69) is 48.6 Å². The average Bonchev–Trinajstić information content (AvgIpc) is 3.29. The van der Waals surface area contributed by atoms with Crippen LogP contribution in [0.2, 0.25) is 0 Å². The van der Waals surface area contributed by atoms with Crippen LogP contribution in [0, 0.1) is 5.92 Å². The van der Waals surface area contributed by atoms with E-state index in [1.54, 1.807) is 5.57 Å². The van der Waals surface area contributed by atoms with Crippen molar-refractivity contribution < 1.29 is 0 Å². The van der Waals surface area contributed by atoms with Crippen molar-refractivity contribution in [2.45, 2.75) is 57.4 Å². The first-order valence-corrected chi connectivity index (χ1v) is 8.34. The van der Waals surface area contributed by atoms with Gasteiger partial charge in [-0.2, -0.15) is 0 Å². The highest BCUT2D eigenvalue weighted by atomic mass is 14.9. The lowest BCUT2D eigenvalue weighted by Crippen LogP contribution is -2.32. The highest BCUT2D eigenvalue weighted by Crippen LogP contribution is 2.50. The number of hydrogen-bond donors (Lipinski definition) is 1. The van der Waals surface area contributed by atoms with E-state index in [4.69, 9.17) is 0 Å². The van der Waals surface area contributed by atoms with Crippen LogP contribution in [0.25, 0.3) is 0 Å². The number of rotatable bonds is 6. The van der Waals surface area contributed by atoms with E-state index >= 15 is 0 Å². The first-order valence-electron chi connectivity index (χ1n) is 8.34. The van der Waals surface area contributed by atoms with Crippen LogP contribution in [-0.4, -0.2) is 12.6 Å². The molecule has 0 bridgehead atoms. The summed E-state index contributed by atoms with van der Waals surface area (Å²) in [5.74, 6) is 1.64. The summed E-state index contributed by atoms with van der Waals surface area (Å²) < 4.78 is 0. The zero-order chi connectivity index (χ0) is 13.8. The third-order valence-electron chi connectivity index (χ3n) is 4.92. The maximum atomic E-state index is 3.75. The zero-order valence-electron chi connectivity index (χ0n) is 12.6. The lowest BCUT2D eigenvalue weighted by molar-refractivity contribution is 0.453. The molecule has 3 rings (SSSR count). The smallest absolute Gasteiger partial charge is 0.0138 e.